The van der Waals surface area contributed by atoms with Crippen LogP contribution in [0.15, 0.2) is 35.3 Å². The van der Waals surface area contributed by atoms with Crippen LogP contribution in [0.2, 0.25) is 5.15 Å². The summed E-state index contributed by atoms with van der Waals surface area (Å²) in [7, 11) is 0. The van der Waals surface area contributed by atoms with Gasteiger partial charge in [-0.3, -0.25) is 9.20 Å². The number of halogens is 4. The Bertz CT molecular complexity index is 1030. The van der Waals surface area contributed by atoms with Crippen molar-refractivity contribution in [1.82, 2.24) is 14.3 Å². The minimum absolute atomic E-state index is 0.130. The first kappa shape index (κ1) is 18.9. The summed E-state index contributed by atoms with van der Waals surface area (Å²) in [5.74, 6) is -0.120. The van der Waals surface area contributed by atoms with Crippen molar-refractivity contribution in [3.8, 4) is 11.1 Å². The van der Waals surface area contributed by atoms with E-state index in [2.05, 4.69) is 4.98 Å². The molecule has 0 radical (unpaired) electrons. The maximum absolute atomic E-state index is 13.7. The number of carbonyl (C=O) groups is 1. The van der Waals surface area contributed by atoms with Crippen molar-refractivity contribution < 1.29 is 22.4 Å². The van der Waals surface area contributed by atoms with Gasteiger partial charge in [-0.1, -0.05) is 18.5 Å². The Kier molecular flexibility index (Phi) is 4.61. The van der Waals surface area contributed by atoms with Crippen molar-refractivity contribution in [2.45, 2.75) is 25.9 Å². The summed E-state index contributed by atoms with van der Waals surface area (Å²) in [6, 6.07) is 2.54. The van der Waals surface area contributed by atoms with Gasteiger partial charge in [0, 0.05) is 30.4 Å². The zero-order chi connectivity index (χ0) is 20.1. The highest BCUT2D eigenvalue weighted by molar-refractivity contribution is 6.33. The lowest BCUT2D eigenvalue weighted by molar-refractivity contribution is -0.136. The number of fused-ring (bicyclic) bond motifs is 1. The quantitative estimate of drug-likeness (QED) is 0.586. The molecule has 0 bridgehead atoms. The summed E-state index contributed by atoms with van der Waals surface area (Å²) in [5, 5.41) is -0.130. The van der Waals surface area contributed by atoms with E-state index >= 15 is 0 Å². The molecule has 3 aromatic heterocycles. The first-order valence-electron chi connectivity index (χ1n) is 8.86. The van der Waals surface area contributed by atoms with Crippen molar-refractivity contribution in [3.63, 3.8) is 0 Å². The fourth-order valence-corrected chi connectivity index (χ4v) is 3.82. The largest absolute Gasteiger partial charge is 0.472 e. The molecule has 4 rings (SSSR count). The van der Waals surface area contributed by atoms with Crippen LogP contribution < -0.4 is 0 Å². The summed E-state index contributed by atoms with van der Waals surface area (Å²) >= 11 is 6.33. The third-order valence-corrected chi connectivity index (χ3v) is 5.33. The van der Waals surface area contributed by atoms with Crippen molar-refractivity contribution >= 4 is 23.2 Å². The number of hydrogen-bond donors (Lipinski definition) is 0. The van der Waals surface area contributed by atoms with E-state index in [9.17, 15) is 18.0 Å². The van der Waals surface area contributed by atoms with Crippen LogP contribution in [-0.4, -0.2) is 33.3 Å². The van der Waals surface area contributed by atoms with Crippen LogP contribution in [0.25, 0.3) is 16.8 Å². The van der Waals surface area contributed by atoms with Gasteiger partial charge in [-0.25, -0.2) is 4.98 Å². The number of pyridine rings is 1. The number of alkyl halides is 3. The number of carbonyl (C=O) groups excluding carboxylic acids is 1. The van der Waals surface area contributed by atoms with Gasteiger partial charge >= 0.3 is 6.18 Å². The molecule has 0 unspecified atom stereocenters. The summed E-state index contributed by atoms with van der Waals surface area (Å²) in [6.07, 6.45) is 1.34. The lowest BCUT2D eigenvalue weighted by atomic mass is 10.0. The third-order valence-electron chi connectivity index (χ3n) is 4.97. The van der Waals surface area contributed by atoms with Gasteiger partial charge in [0.1, 0.15) is 5.15 Å². The van der Waals surface area contributed by atoms with Gasteiger partial charge in [-0.15, -0.1) is 0 Å². The molecule has 3 aromatic rings. The molecule has 148 valence electrons. The number of likely N-dealkylation sites (tertiary alicyclic amines) is 1. The van der Waals surface area contributed by atoms with Gasteiger partial charge in [-0.2, -0.15) is 13.2 Å². The smallest absolute Gasteiger partial charge is 0.420 e. The van der Waals surface area contributed by atoms with E-state index in [1.807, 2.05) is 6.92 Å². The molecule has 0 aliphatic carbocycles. The number of rotatable bonds is 2. The van der Waals surface area contributed by atoms with Crippen molar-refractivity contribution in [2.75, 3.05) is 13.1 Å². The van der Waals surface area contributed by atoms with E-state index < -0.39 is 23.3 Å². The topological polar surface area (TPSA) is 50.8 Å². The van der Waals surface area contributed by atoms with E-state index in [4.69, 9.17) is 16.0 Å². The second-order valence-corrected chi connectivity index (χ2v) is 7.45. The van der Waals surface area contributed by atoms with E-state index in [0.717, 1.165) is 23.3 Å². The van der Waals surface area contributed by atoms with Crippen LogP contribution in [0.5, 0.6) is 0 Å². The van der Waals surface area contributed by atoms with E-state index in [0.29, 0.717) is 24.6 Å². The lowest BCUT2D eigenvalue weighted by Crippen LogP contribution is -2.39. The molecule has 1 aliphatic heterocycles. The maximum Gasteiger partial charge on any atom is 0.420 e. The van der Waals surface area contributed by atoms with Gasteiger partial charge in [-0.05, 0) is 30.9 Å². The molecule has 9 heteroatoms. The monoisotopic (exact) mass is 411 g/mol. The van der Waals surface area contributed by atoms with Gasteiger partial charge in [0.05, 0.1) is 18.1 Å². The van der Waals surface area contributed by atoms with Crippen molar-refractivity contribution in [3.05, 3.63) is 47.3 Å². The molecule has 1 fully saturated rings. The maximum atomic E-state index is 13.7. The summed E-state index contributed by atoms with van der Waals surface area (Å²) in [4.78, 5) is 18.5. The predicted molar refractivity (Wildman–Crippen MR) is 97.2 cm³/mol. The molecular weight excluding hydrogens is 395 g/mol. The molecule has 28 heavy (non-hydrogen) atoms. The Morgan fingerprint density at radius 1 is 1.36 bits per heavy atom. The average molecular weight is 412 g/mol. The number of furan rings is 1. The Morgan fingerprint density at radius 3 is 2.79 bits per heavy atom. The van der Waals surface area contributed by atoms with Crippen molar-refractivity contribution in [2.24, 2.45) is 5.92 Å². The highest BCUT2D eigenvalue weighted by atomic mass is 35.5. The van der Waals surface area contributed by atoms with Crippen LogP contribution in [0.4, 0.5) is 13.2 Å². The van der Waals surface area contributed by atoms with Crippen LogP contribution >= 0.6 is 11.6 Å². The molecule has 1 saturated heterocycles. The molecule has 0 N–H and O–H groups in total. The third kappa shape index (κ3) is 3.26. The molecule has 0 spiro atoms. The SMILES string of the molecule is C[C@@H]1CCCN(C(=O)c2nc3c(C(F)(F)F)cc(-c4ccoc4)cn3c2Cl)C1. The Balaban J connectivity index is 1.86. The fourth-order valence-electron chi connectivity index (χ4n) is 3.57. The number of amides is 1. The zero-order valence-corrected chi connectivity index (χ0v) is 15.7. The average Bonchev–Trinajstić information content (AvgIpc) is 3.28. The molecule has 0 saturated carbocycles. The number of nitrogens with zero attached hydrogens (tertiary/aromatic N) is 3. The Labute approximate surface area is 163 Å². The van der Waals surface area contributed by atoms with E-state index in [-0.39, 0.29) is 16.4 Å². The molecule has 1 amide bonds. The highest BCUT2D eigenvalue weighted by Gasteiger charge is 2.36. The van der Waals surface area contributed by atoms with Gasteiger partial charge in [0.2, 0.25) is 0 Å². The molecule has 1 aliphatic rings. The van der Waals surface area contributed by atoms with Crippen LogP contribution in [0, 0.1) is 5.92 Å². The Hall–Kier alpha value is -2.48. The lowest BCUT2D eigenvalue weighted by Gasteiger charge is -2.30. The number of piperidine rings is 1. The van der Waals surface area contributed by atoms with Gasteiger partial charge in [0.15, 0.2) is 11.3 Å². The first-order valence-corrected chi connectivity index (χ1v) is 9.24. The summed E-state index contributed by atoms with van der Waals surface area (Å²) < 4.78 is 47.1. The minimum Gasteiger partial charge on any atom is -0.472 e. The second-order valence-electron chi connectivity index (χ2n) is 7.10. The first-order chi connectivity index (χ1) is 13.3. The molecule has 5 nitrogen and oxygen atoms in total. The Morgan fingerprint density at radius 2 is 2.14 bits per heavy atom. The van der Waals surface area contributed by atoms with Crippen LogP contribution in [0.1, 0.15) is 35.8 Å². The zero-order valence-electron chi connectivity index (χ0n) is 15.0. The van der Waals surface area contributed by atoms with Gasteiger partial charge < -0.3 is 9.32 Å². The molecule has 1 atom stereocenters. The van der Waals surface area contributed by atoms with E-state index in [1.54, 1.807) is 11.0 Å². The number of imidazole rings is 1. The highest BCUT2D eigenvalue weighted by Crippen LogP contribution is 2.37. The summed E-state index contributed by atoms with van der Waals surface area (Å²) in [5.41, 5.74) is -0.781. The van der Waals surface area contributed by atoms with Crippen LogP contribution in [-0.2, 0) is 6.18 Å². The number of aromatic nitrogens is 2. The molecule has 4 heterocycles. The normalized spacial score (nSPS) is 18.0. The van der Waals surface area contributed by atoms with Crippen molar-refractivity contribution in [1.29, 1.82) is 0 Å². The fraction of sp³-hybridized carbons (Fsp3) is 0.368. The summed E-state index contributed by atoms with van der Waals surface area (Å²) in [6.45, 7) is 3.11. The minimum atomic E-state index is -4.66. The van der Waals surface area contributed by atoms with Crippen LogP contribution in [0.3, 0.4) is 0 Å². The second kappa shape index (κ2) is 6.84. The standard InChI is InChI=1S/C19H17ClF3N3O2/c1-11-3-2-5-25(8-11)18(27)15-16(20)26-9-13(12-4-6-28-10-12)7-14(17(26)24-15)19(21,22)23/h4,6-7,9-11H,2-3,5,8H2,1H3/t11-/m1/s1. The molecule has 0 aromatic carbocycles. The number of hydrogen-bond acceptors (Lipinski definition) is 3. The van der Waals surface area contributed by atoms with E-state index in [1.165, 1.54) is 18.7 Å². The van der Waals surface area contributed by atoms with Gasteiger partial charge in [0.25, 0.3) is 5.91 Å². The molecular formula is C19H17ClF3N3O2. The predicted octanol–water partition coefficient (Wildman–Crippen LogP) is 5.14.